The van der Waals surface area contributed by atoms with Crippen LogP contribution in [0.15, 0.2) is 36.7 Å². The third-order valence-corrected chi connectivity index (χ3v) is 6.03. The second-order valence-electron chi connectivity index (χ2n) is 8.24. The Balaban J connectivity index is 1.69. The van der Waals surface area contributed by atoms with Crippen LogP contribution in [0.5, 0.6) is 5.75 Å². The van der Waals surface area contributed by atoms with Crippen molar-refractivity contribution in [3.63, 3.8) is 0 Å². The van der Waals surface area contributed by atoms with Crippen LogP contribution in [-0.4, -0.2) is 38.6 Å². The smallest absolute Gasteiger partial charge is 0.146 e. The summed E-state index contributed by atoms with van der Waals surface area (Å²) in [5.74, 6) is 3.90. The number of aromatic nitrogens is 2. The van der Waals surface area contributed by atoms with Crippen LogP contribution in [0.1, 0.15) is 31.2 Å². The summed E-state index contributed by atoms with van der Waals surface area (Å²) in [6, 6.07) is 7.72. The van der Waals surface area contributed by atoms with Crippen molar-refractivity contribution in [2.45, 2.75) is 44.9 Å². The maximum Gasteiger partial charge on any atom is 0.146 e. The number of fused-ring (bicyclic) bond motifs is 1. The van der Waals surface area contributed by atoms with E-state index in [1.807, 2.05) is 13.0 Å². The molecule has 0 saturated heterocycles. The first-order valence-electron chi connectivity index (χ1n) is 10.4. The Hall–Kier alpha value is -2.94. The highest BCUT2D eigenvalue weighted by Gasteiger charge is 2.27. The second-order valence-corrected chi connectivity index (χ2v) is 10.5. The molecule has 9 heteroatoms. The van der Waals surface area contributed by atoms with Gasteiger partial charge in [0.1, 0.15) is 36.0 Å². The number of nitrogens with zero attached hydrogens (tertiary/aromatic N) is 2. The number of alkyl halides is 1. The summed E-state index contributed by atoms with van der Waals surface area (Å²) in [5, 5.41) is 3.95. The molecule has 6 nitrogen and oxygen atoms in total. The molecule has 3 atom stereocenters. The number of hydrogen-bond donors (Lipinski definition) is 2. The molecule has 4 rings (SSSR count). The van der Waals surface area contributed by atoms with Crippen molar-refractivity contribution in [2.75, 3.05) is 16.3 Å². The molecule has 1 fully saturated rings. The molecule has 3 aromatic rings. The number of aryl methyl sites for hydroxylation is 1. The number of nitrogens with one attached hydrogen (secondary N) is 2. The maximum atomic E-state index is 14.3. The minimum absolute atomic E-state index is 0.241. The molecule has 0 amide bonds. The lowest BCUT2D eigenvalue weighted by Gasteiger charge is -2.27. The lowest BCUT2D eigenvalue weighted by molar-refractivity contribution is 0.0641. The minimum atomic E-state index is -2.44. The van der Waals surface area contributed by atoms with E-state index in [0.29, 0.717) is 35.6 Å². The van der Waals surface area contributed by atoms with Gasteiger partial charge in [-0.1, -0.05) is 6.42 Å². The summed E-state index contributed by atoms with van der Waals surface area (Å²) in [6.07, 6.45) is 4.01. The monoisotopic (exact) mass is 460 g/mol. The average molecular weight is 461 g/mol. The molecule has 1 heterocycles. The Bertz CT molecular complexity index is 1250. The summed E-state index contributed by atoms with van der Waals surface area (Å²) in [7, 11) is -2.44. The van der Waals surface area contributed by atoms with Crippen molar-refractivity contribution < 1.29 is 17.7 Å². The van der Waals surface area contributed by atoms with Gasteiger partial charge in [-0.2, -0.15) is 0 Å². The molecule has 0 spiro atoms. The van der Waals surface area contributed by atoms with Gasteiger partial charge in [-0.15, -0.1) is 0 Å². The number of halogens is 2. The fourth-order valence-corrected chi connectivity index (χ4v) is 4.58. The molecule has 3 unspecified atom stereocenters. The van der Waals surface area contributed by atoms with Crippen molar-refractivity contribution in [2.24, 2.45) is 0 Å². The van der Waals surface area contributed by atoms with E-state index in [1.165, 1.54) is 24.7 Å². The largest absolute Gasteiger partial charge is 0.485 e. The molecule has 0 bridgehead atoms. The highest BCUT2D eigenvalue weighted by Crippen LogP contribution is 2.35. The van der Waals surface area contributed by atoms with Gasteiger partial charge in [-0.05, 0) is 61.9 Å². The number of rotatable bonds is 6. The van der Waals surface area contributed by atoms with Crippen LogP contribution in [0.4, 0.5) is 26.0 Å². The predicted molar refractivity (Wildman–Crippen MR) is 127 cm³/mol. The zero-order valence-electron chi connectivity index (χ0n) is 18.0. The van der Waals surface area contributed by atoms with Crippen molar-refractivity contribution in [1.82, 2.24) is 9.97 Å². The Morgan fingerprint density at radius 1 is 1.19 bits per heavy atom. The van der Waals surface area contributed by atoms with Crippen LogP contribution in [-0.2, 0) is 9.71 Å². The highest BCUT2D eigenvalue weighted by atomic mass is 32.2. The molecule has 0 radical (unpaired) electrons. The fraction of sp³-hybridized carbons (Fsp3) is 0.348. The normalized spacial score (nSPS) is 20.5. The molecule has 170 valence electrons. The Morgan fingerprint density at radius 2 is 1.97 bits per heavy atom. The molecule has 2 N–H and O–H groups in total. The summed E-state index contributed by atoms with van der Waals surface area (Å²) in [6.45, 7) is 1.89. The van der Waals surface area contributed by atoms with Gasteiger partial charge in [0.15, 0.2) is 0 Å². The number of anilines is 3. The molecule has 1 aromatic heterocycles. The molecule has 32 heavy (non-hydrogen) atoms. The SMILES string of the molecule is C=S(C)(=O)Nc1cc(C)c2c(Nc3ccc(F)cc3OC3CCCCC3F)ncnc2c1. The Morgan fingerprint density at radius 3 is 2.72 bits per heavy atom. The van der Waals surface area contributed by atoms with Gasteiger partial charge in [0.2, 0.25) is 0 Å². The average Bonchev–Trinajstić information content (AvgIpc) is 2.70. The van der Waals surface area contributed by atoms with E-state index in [-0.39, 0.29) is 5.75 Å². The zero-order valence-corrected chi connectivity index (χ0v) is 18.8. The maximum absolute atomic E-state index is 14.3. The van der Waals surface area contributed by atoms with Crippen molar-refractivity contribution in [3.05, 3.63) is 48.0 Å². The van der Waals surface area contributed by atoms with Gasteiger partial charge in [0, 0.05) is 33.1 Å². The molecule has 1 aliphatic rings. The first kappa shape index (κ1) is 22.3. The van der Waals surface area contributed by atoms with Gasteiger partial charge in [0.05, 0.1) is 11.2 Å². The summed E-state index contributed by atoms with van der Waals surface area (Å²) in [4.78, 5) is 8.69. The summed E-state index contributed by atoms with van der Waals surface area (Å²) >= 11 is 0. The number of hydrogen-bond acceptors (Lipinski definition) is 5. The van der Waals surface area contributed by atoms with Crippen LogP contribution in [0.2, 0.25) is 0 Å². The predicted octanol–water partition coefficient (Wildman–Crippen LogP) is 5.15. The quantitative estimate of drug-likeness (QED) is 0.498. The zero-order chi connectivity index (χ0) is 22.9. The van der Waals surface area contributed by atoms with Gasteiger partial charge < -0.3 is 14.8 Å². The lowest BCUT2D eigenvalue weighted by atomic mass is 9.96. The van der Waals surface area contributed by atoms with E-state index >= 15 is 0 Å². The third-order valence-electron chi connectivity index (χ3n) is 5.37. The summed E-state index contributed by atoms with van der Waals surface area (Å²) < 4.78 is 49.1. The van der Waals surface area contributed by atoms with Crippen LogP contribution in [0.25, 0.3) is 10.9 Å². The van der Waals surface area contributed by atoms with Gasteiger partial charge in [-0.3, -0.25) is 0 Å². The van der Waals surface area contributed by atoms with E-state index < -0.39 is 27.8 Å². The van der Waals surface area contributed by atoms with Gasteiger partial charge >= 0.3 is 0 Å². The van der Waals surface area contributed by atoms with E-state index in [1.54, 1.807) is 12.1 Å². The van der Waals surface area contributed by atoms with Crippen molar-refractivity contribution in [3.8, 4) is 5.75 Å². The molecule has 0 aliphatic heterocycles. The van der Waals surface area contributed by atoms with E-state index in [4.69, 9.17) is 4.74 Å². The molecular weight excluding hydrogens is 434 g/mol. The second kappa shape index (κ2) is 8.90. The molecule has 1 saturated carbocycles. The van der Waals surface area contributed by atoms with Gasteiger partial charge in [0.25, 0.3) is 0 Å². The van der Waals surface area contributed by atoms with Crippen molar-refractivity contribution >= 4 is 43.7 Å². The summed E-state index contributed by atoms with van der Waals surface area (Å²) in [5.41, 5.74) is 2.60. The lowest BCUT2D eigenvalue weighted by Crippen LogP contribution is -2.31. The Kier molecular flexibility index (Phi) is 6.19. The van der Waals surface area contributed by atoms with Crippen LogP contribution >= 0.6 is 0 Å². The Labute approximate surface area is 186 Å². The van der Waals surface area contributed by atoms with E-state index in [0.717, 1.165) is 23.8 Å². The van der Waals surface area contributed by atoms with Crippen molar-refractivity contribution in [1.29, 1.82) is 0 Å². The van der Waals surface area contributed by atoms with E-state index in [2.05, 4.69) is 25.9 Å². The van der Waals surface area contributed by atoms with Gasteiger partial charge in [-0.25, -0.2) is 23.0 Å². The molecule has 1 aliphatic carbocycles. The molecule has 2 aromatic carbocycles. The highest BCUT2D eigenvalue weighted by molar-refractivity contribution is 8.00. The third kappa shape index (κ3) is 5.09. The number of ether oxygens (including phenoxy) is 1. The molecular formula is C23H26F2N4O2S. The van der Waals surface area contributed by atoms with Crippen LogP contribution in [0, 0.1) is 12.7 Å². The minimum Gasteiger partial charge on any atom is -0.485 e. The van der Waals surface area contributed by atoms with Crippen LogP contribution in [0.3, 0.4) is 0 Å². The topological polar surface area (TPSA) is 76.1 Å². The standard InChI is InChI=1S/C23H26F2N4O2S/c1-14-10-16(29-32(2,3)30)12-19-22(14)23(27-13-26-19)28-18-9-8-15(24)11-21(18)31-20-7-5-4-6-17(20)25/h8-13,17,20H,2,4-7H2,1,3H3,(H,29,30)(H,26,27,28). The first-order valence-corrected chi connectivity index (χ1v) is 12.6. The van der Waals surface area contributed by atoms with E-state index in [9.17, 15) is 13.0 Å². The number of benzene rings is 2. The van der Waals surface area contributed by atoms with Crippen LogP contribution < -0.4 is 14.8 Å². The fourth-order valence-electron chi connectivity index (χ4n) is 3.97. The first-order chi connectivity index (χ1) is 15.2.